The number of benzene rings is 2. The lowest BCUT2D eigenvalue weighted by atomic mass is 9.91. The Hall–Kier alpha value is -3.25. The third kappa shape index (κ3) is 4.04. The normalized spacial score (nSPS) is 13.5. The van der Waals surface area contributed by atoms with Gasteiger partial charge in [-0.15, -0.1) is 0 Å². The van der Waals surface area contributed by atoms with E-state index in [1.165, 1.54) is 0 Å². The lowest BCUT2D eigenvalue weighted by Gasteiger charge is -2.23. The number of amides is 1. The number of hydrogen-bond donors (Lipinski definition) is 3. The van der Waals surface area contributed by atoms with Gasteiger partial charge in [0, 0.05) is 12.0 Å². The lowest BCUT2D eigenvalue weighted by Crippen LogP contribution is -2.21. The molecule has 0 bridgehead atoms. The summed E-state index contributed by atoms with van der Waals surface area (Å²) in [5.74, 6) is 0.574. The van der Waals surface area contributed by atoms with E-state index in [4.69, 9.17) is 9.97 Å². The summed E-state index contributed by atoms with van der Waals surface area (Å²) in [5, 5.41) is 23.7. The highest BCUT2D eigenvalue weighted by Crippen LogP contribution is 2.36. The van der Waals surface area contributed by atoms with Crippen LogP contribution in [-0.2, 0) is 17.6 Å². The number of aryl methyl sites for hydroxylation is 2. The van der Waals surface area contributed by atoms with Crippen LogP contribution in [0.25, 0.3) is 11.3 Å². The van der Waals surface area contributed by atoms with Gasteiger partial charge in [0.1, 0.15) is 17.5 Å². The number of phenols is 1. The lowest BCUT2D eigenvalue weighted by molar-refractivity contribution is -0.116. The first kappa shape index (κ1) is 20.0. The van der Waals surface area contributed by atoms with Gasteiger partial charge in [0.2, 0.25) is 5.91 Å². The Morgan fingerprint density at radius 1 is 1.10 bits per heavy atom. The summed E-state index contributed by atoms with van der Waals surface area (Å²) in [6.45, 7) is 3.95. The fourth-order valence-electron chi connectivity index (χ4n) is 3.77. The van der Waals surface area contributed by atoms with Gasteiger partial charge in [-0.1, -0.05) is 44.2 Å². The summed E-state index contributed by atoms with van der Waals surface area (Å²) in [6, 6.07) is 14.4. The summed E-state index contributed by atoms with van der Waals surface area (Å²) in [7, 11) is 0. The molecule has 1 atom stereocenters. The maximum atomic E-state index is 12.4. The number of phenolic OH excluding ortho intramolecular Hbond substituents is 1. The Morgan fingerprint density at radius 3 is 2.60 bits per heavy atom. The van der Waals surface area contributed by atoms with Gasteiger partial charge in [-0.3, -0.25) is 4.79 Å². The number of aromatic hydroxyl groups is 1. The number of carbonyl (C=O) groups is 1. The second-order valence-electron chi connectivity index (χ2n) is 8.05. The molecule has 1 aliphatic rings. The molecular formula is C24H25N3O3. The van der Waals surface area contributed by atoms with E-state index in [0.29, 0.717) is 35.6 Å². The van der Waals surface area contributed by atoms with Crippen molar-refractivity contribution in [2.75, 3.05) is 5.32 Å². The van der Waals surface area contributed by atoms with Gasteiger partial charge in [-0.2, -0.15) is 0 Å². The number of aliphatic hydroxyl groups excluding tert-OH is 1. The molecule has 0 spiro atoms. The van der Waals surface area contributed by atoms with E-state index in [1.807, 2.05) is 50.2 Å². The number of anilines is 1. The van der Waals surface area contributed by atoms with Crippen molar-refractivity contribution in [2.45, 2.75) is 39.2 Å². The molecular weight excluding hydrogens is 378 g/mol. The van der Waals surface area contributed by atoms with Crippen molar-refractivity contribution < 1.29 is 15.0 Å². The Kier molecular flexibility index (Phi) is 5.50. The zero-order valence-electron chi connectivity index (χ0n) is 17.1. The number of aromatic nitrogens is 2. The molecule has 1 amide bonds. The first-order chi connectivity index (χ1) is 14.4. The van der Waals surface area contributed by atoms with Crippen LogP contribution in [0.3, 0.4) is 0 Å². The molecule has 0 aliphatic heterocycles. The Morgan fingerprint density at radius 2 is 1.87 bits per heavy atom. The van der Waals surface area contributed by atoms with Crippen LogP contribution in [0.2, 0.25) is 0 Å². The standard InChI is InChI=1S/C24H25N3O3/c1-14(2)12-20(29)26-24-22(23(30)15-6-4-3-5-7-15)27-21-18-10-9-17(28)13-16(18)8-11-19(21)25-24/h3-7,9-10,13-14,23,28,30H,8,11-12H2,1-2H3,(H,25,26,29). The molecule has 1 heterocycles. The van der Waals surface area contributed by atoms with Crippen LogP contribution >= 0.6 is 0 Å². The monoisotopic (exact) mass is 403 g/mol. The van der Waals surface area contributed by atoms with Crippen molar-refractivity contribution in [1.29, 1.82) is 0 Å². The van der Waals surface area contributed by atoms with Gasteiger partial charge in [0.15, 0.2) is 5.82 Å². The SMILES string of the molecule is CC(C)CC(=O)Nc1nc2c(nc1C(O)c1ccccc1)-c1ccc(O)cc1CC2. The molecule has 2 aromatic carbocycles. The number of hydrogen-bond acceptors (Lipinski definition) is 5. The van der Waals surface area contributed by atoms with Gasteiger partial charge in [0.25, 0.3) is 0 Å². The minimum atomic E-state index is -1.03. The molecule has 154 valence electrons. The molecule has 3 aromatic rings. The van der Waals surface area contributed by atoms with Crippen LogP contribution in [0.15, 0.2) is 48.5 Å². The molecule has 0 saturated carbocycles. The second-order valence-corrected chi connectivity index (χ2v) is 8.05. The molecule has 0 radical (unpaired) electrons. The van der Waals surface area contributed by atoms with Crippen LogP contribution in [0.4, 0.5) is 5.82 Å². The summed E-state index contributed by atoms with van der Waals surface area (Å²) < 4.78 is 0. The van der Waals surface area contributed by atoms with E-state index in [2.05, 4.69) is 5.32 Å². The summed E-state index contributed by atoms with van der Waals surface area (Å²) in [6.07, 6.45) is 0.710. The van der Waals surface area contributed by atoms with E-state index in [9.17, 15) is 15.0 Å². The third-order valence-corrected chi connectivity index (χ3v) is 5.20. The fourth-order valence-corrected chi connectivity index (χ4v) is 3.77. The molecule has 0 saturated heterocycles. The van der Waals surface area contributed by atoms with Crippen LogP contribution < -0.4 is 5.32 Å². The van der Waals surface area contributed by atoms with Gasteiger partial charge >= 0.3 is 0 Å². The van der Waals surface area contributed by atoms with Gasteiger partial charge < -0.3 is 15.5 Å². The molecule has 1 unspecified atom stereocenters. The largest absolute Gasteiger partial charge is 0.508 e. The first-order valence-electron chi connectivity index (χ1n) is 10.2. The fraction of sp³-hybridized carbons (Fsp3) is 0.292. The summed E-state index contributed by atoms with van der Waals surface area (Å²) >= 11 is 0. The van der Waals surface area contributed by atoms with Crippen LogP contribution in [0, 0.1) is 5.92 Å². The molecule has 3 N–H and O–H groups in total. The van der Waals surface area contributed by atoms with Crippen LogP contribution in [-0.4, -0.2) is 26.1 Å². The Labute approximate surface area is 175 Å². The molecule has 6 nitrogen and oxygen atoms in total. The van der Waals surface area contributed by atoms with E-state index in [0.717, 1.165) is 23.2 Å². The highest BCUT2D eigenvalue weighted by atomic mass is 16.3. The molecule has 4 rings (SSSR count). The van der Waals surface area contributed by atoms with Crippen molar-refractivity contribution in [3.05, 3.63) is 71.0 Å². The van der Waals surface area contributed by atoms with Crippen molar-refractivity contribution in [2.24, 2.45) is 5.92 Å². The average Bonchev–Trinajstić information content (AvgIpc) is 2.72. The Bertz CT molecular complexity index is 1080. The average molecular weight is 403 g/mol. The smallest absolute Gasteiger partial charge is 0.225 e. The van der Waals surface area contributed by atoms with Crippen molar-refractivity contribution in [3.8, 4) is 17.0 Å². The quantitative estimate of drug-likeness (QED) is 0.598. The number of carbonyl (C=O) groups excluding carboxylic acids is 1. The minimum absolute atomic E-state index is 0.151. The molecule has 1 aliphatic carbocycles. The molecule has 6 heteroatoms. The number of nitrogens with one attached hydrogen (secondary N) is 1. The van der Waals surface area contributed by atoms with E-state index in [1.54, 1.807) is 12.1 Å². The topological polar surface area (TPSA) is 95.3 Å². The highest BCUT2D eigenvalue weighted by molar-refractivity contribution is 5.90. The molecule has 1 aromatic heterocycles. The number of fused-ring (bicyclic) bond motifs is 3. The van der Waals surface area contributed by atoms with Gasteiger partial charge in [-0.25, -0.2) is 9.97 Å². The molecule has 0 fully saturated rings. The zero-order valence-corrected chi connectivity index (χ0v) is 17.1. The first-order valence-corrected chi connectivity index (χ1v) is 10.2. The summed E-state index contributed by atoms with van der Waals surface area (Å²) in [4.78, 5) is 21.9. The van der Waals surface area contributed by atoms with E-state index < -0.39 is 6.10 Å². The van der Waals surface area contributed by atoms with Crippen molar-refractivity contribution in [1.82, 2.24) is 9.97 Å². The van der Waals surface area contributed by atoms with E-state index in [-0.39, 0.29) is 17.6 Å². The maximum Gasteiger partial charge on any atom is 0.225 e. The third-order valence-electron chi connectivity index (χ3n) is 5.20. The predicted molar refractivity (Wildman–Crippen MR) is 115 cm³/mol. The van der Waals surface area contributed by atoms with E-state index >= 15 is 0 Å². The number of nitrogens with zero attached hydrogens (tertiary/aromatic N) is 2. The summed E-state index contributed by atoms with van der Waals surface area (Å²) in [5.41, 5.74) is 4.34. The van der Waals surface area contributed by atoms with Gasteiger partial charge in [0.05, 0.1) is 11.4 Å². The van der Waals surface area contributed by atoms with Crippen LogP contribution in [0.5, 0.6) is 5.75 Å². The molecule has 30 heavy (non-hydrogen) atoms. The Balaban J connectivity index is 1.82. The van der Waals surface area contributed by atoms with Crippen LogP contribution in [0.1, 0.15) is 48.9 Å². The van der Waals surface area contributed by atoms with Gasteiger partial charge in [-0.05, 0) is 48.1 Å². The number of rotatable bonds is 5. The second kappa shape index (κ2) is 8.24. The van der Waals surface area contributed by atoms with Crippen molar-refractivity contribution in [3.63, 3.8) is 0 Å². The minimum Gasteiger partial charge on any atom is -0.508 e. The highest BCUT2D eigenvalue weighted by Gasteiger charge is 2.26. The number of aliphatic hydroxyl groups is 1. The van der Waals surface area contributed by atoms with Crippen molar-refractivity contribution >= 4 is 11.7 Å². The zero-order chi connectivity index (χ0) is 21.3. The maximum absolute atomic E-state index is 12.4. The predicted octanol–water partition coefficient (Wildman–Crippen LogP) is 4.01.